The highest BCUT2D eigenvalue weighted by Crippen LogP contribution is 2.22. The number of nitrogens with one attached hydrogen (secondary N) is 2. The highest BCUT2D eigenvalue weighted by Gasteiger charge is 2.34. The zero-order chi connectivity index (χ0) is 18.4. The molecule has 1 aromatic heterocycles. The molecule has 142 valence electrons. The third kappa shape index (κ3) is 6.81. The number of nitrogens with zero attached hydrogens (tertiary/aromatic N) is 3. The SMILES string of the molecule is CN=C(NCc1nc(C(C)C)cs1)NCC1CCN(CC(F)(F)F)C1. The maximum Gasteiger partial charge on any atom is 0.401 e. The largest absolute Gasteiger partial charge is 0.401 e. The highest BCUT2D eigenvalue weighted by atomic mass is 32.1. The van der Waals surface area contributed by atoms with Crippen LogP contribution in [0.25, 0.3) is 0 Å². The molecule has 0 aromatic carbocycles. The summed E-state index contributed by atoms with van der Waals surface area (Å²) in [6.45, 7) is 5.55. The first-order valence-corrected chi connectivity index (χ1v) is 9.32. The van der Waals surface area contributed by atoms with Crippen LogP contribution in [0.4, 0.5) is 13.2 Å². The van der Waals surface area contributed by atoms with Crippen LogP contribution >= 0.6 is 11.3 Å². The second-order valence-electron chi connectivity index (χ2n) is 6.63. The van der Waals surface area contributed by atoms with Gasteiger partial charge in [-0.15, -0.1) is 11.3 Å². The van der Waals surface area contributed by atoms with E-state index in [1.54, 1.807) is 18.4 Å². The van der Waals surface area contributed by atoms with Crippen molar-refractivity contribution < 1.29 is 13.2 Å². The van der Waals surface area contributed by atoms with Crippen molar-refractivity contribution in [2.45, 2.75) is 38.9 Å². The fourth-order valence-corrected chi connectivity index (χ4v) is 3.66. The summed E-state index contributed by atoms with van der Waals surface area (Å²) in [7, 11) is 1.68. The molecule has 1 fully saturated rings. The number of halogens is 3. The maximum atomic E-state index is 12.4. The van der Waals surface area contributed by atoms with E-state index in [1.807, 2.05) is 0 Å². The minimum atomic E-state index is -4.12. The van der Waals surface area contributed by atoms with E-state index in [2.05, 4.69) is 39.8 Å². The number of hydrogen-bond acceptors (Lipinski definition) is 4. The number of hydrogen-bond donors (Lipinski definition) is 2. The number of guanidine groups is 1. The Kier molecular flexibility index (Phi) is 7.06. The highest BCUT2D eigenvalue weighted by molar-refractivity contribution is 7.09. The number of aromatic nitrogens is 1. The number of rotatable bonds is 6. The number of thiazole rings is 1. The molecule has 0 amide bonds. The molecule has 1 saturated heterocycles. The van der Waals surface area contributed by atoms with E-state index in [0.717, 1.165) is 17.1 Å². The van der Waals surface area contributed by atoms with E-state index in [0.29, 0.717) is 38.1 Å². The molecule has 0 spiro atoms. The summed E-state index contributed by atoms with van der Waals surface area (Å²) >= 11 is 1.61. The van der Waals surface area contributed by atoms with Gasteiger partial charge in [0.1, 0.15) is 5.01 Å². The summed E-state index contributed by atoms with van der Waals surface area (Å²) in [5, 5.41) is 9.46. The van der Waals surface area contributed by atoms with Crippen LogP contribution < -0.4 is 10.6 Å². The molecule has 0 aliphatic carbocycles. The number of aliphatic imine (C=N–C) groups is 1. The van der Waals surface area contributed by atoms with E-state index in [9.17, 15) is 13.2 Å². The summed E-state index contributed by atoms with van der Waals surface area (Å²) in [5.41, 5.74) is 1.08. The van der Waals surface area contributed by atoms with Gasteiger partial charge < -0.3 is 10.6 Å². The summed E-state index contributed by atoms with van der Waals surface area (Å²) in [4.78, 5) is 10.2. The lowest BCUT2D eigenvalue weighted by Crippen LogP contribution is -2.40. The molecular weight excluding hydrogens is 351 g/mol. The van der Waals surface area contributed by atoms with Crippen LogP contribution in [0.3, 0.4) is 0 Å². The molecule has 1 aromatic rings. The molecule has 25 heavy (non-hydrogen) atoms. The lowest BCUT2D eigenvalue weighted by atomic mass is 10.1. The standard InChI is InChI=1S/C16H26F3N5S/c1-11(2)13-9-25-14(23-13)7-22-15(20-3)21-6-12-4-5-24(8-12)10-16(17,18)19/h9,11-12H,4-8,10H2,1-3H3,(H2,20,21,22). The van der Waals surface area contributed by atoms with E-state index in [1.165, 1.54) is 4.90 Å². The van der Waals surface area contributed by atoms with E-state index < -0.39 is 12.7 Å². The summed E-state index contributed by atoms with van der Waals surface area (Å²) in [6.07, 6.45) is -3.35. The van der Waals surface area contributed by atoms with Crippen LogP contribution in [0.1, 0.15) is 36.9 Å². The van der Waals surface area contributed by atoms with E-state index in [4.69, 9.17) is 0 Å². The number of alkyl halides is 3. The Bertz CT molecular complexity index is 570. The molecule has 1 aliphatic heterocycles. The van der Waals surface area contributed by atoms with Gasteiger partial charge in [0.15, 0.2) is 5.96 Å². The third-order valence-electron chi connectivity index (χ3n) is 4.12. The maximum absolute atomic E-state index is 12.4. The van der Waals surface area contributed by atoms with Gasteiger partial charge in [-0.05, 0) is 24.8 Å². The Morgan fingerprint density at radius 1 is 1.44 bits per heavy atom. The first kappa shape index (κ1) is 20.0. The van der Waals surface area contributed by atoms with Crippen molar-refractivity contribution in [1.82, 2.24) is 20.5 Å². The summed E-state index contributed by atoms with van der Waals surface area (Å²) in [5.74, 6) is 1.26. The van der Waals surface area contributed by atoms with Crippen LogP contribution in [0, 0.1) is 5.92 Å². The second kappa shape index (κ2) is 8.84. The van der Waals surface area contributed by atoms with Crippen molar-refractivity contribution in [3.05, 3.63) is 16.1 Å². The van der Waals surface area contributed by atoms with Gasteiger partial charge in [0.05, 0.1) is 18.8 Å². The predicted octanol–water partition coefficient (Wildman–Crippen LogP) is 2.82. The normalized spacial score (nSPS) is 19.6. The average Bonchev–Trinajstić information content (AvgIpc) is 3.15. The van der Waals surface area contributed by atoms with Crippen LogP contribution in [-0.4, -0.2) is 55.2 Å². The Morgan fingerprint density at radius 2 is 2.20 bits per heavy atom. The average molecular weight is 377 g/mol. The molecule has 5 nitrogen and oxygen atoms in total. The lowest BCUT2D eigenvalue weighted by molar-refractivity contribution is -0.143. The Balaban J connectivity index is 1.72. The fourth-order valence-electron chi connectivity index (χ4n) is 2.77. The van der Waals surface area contributed by atoms with Crippen molar-refractivity contribution in [3.63, 3.8) is 0 Å². The quantitative estimate of drug-likeness (QED) is 0.591. The molecule has 1 aliphatic rings. The molecule has 9 heteroatoms. The van der Waals surface area contributed by atoms with Crippen LogP contribution in [0.5, 0.6) is 0 Å². The van der Waals surface area contributed by atoms with Gasteiger partial charge in [-0.1, -0.05) is 13.8 Å². The zero-order valence-corrected chi connectivity index (χ0v) is 15.7. The van der Waals surface area contributed by atoms with E-state index >= 15 is 0 Å². The van der Waals surface area contributed by atoms with Crippen molar-refractivity contribution in [2.24, 2.45) is 10.9 Å². The fraction of sp³-hybridized carbons (Fsp3) is 0.750. The Morgan fingerprint density at radius 3 is 2.80 bits per heavy atom. The van der Waals surface area contributed by atoms with Crippen LogP contribution in [0.15, 0.2) is 10.4 Å². The molecule has 2 rings (SSSR count). The van der Waals surface area contributed by atoms with Gasteiger partial charge in [-0.3, -0.25) is 9.89 Å². The summed E-state index contributed by atoms with van der Waals surface area (Å²) in [6, 6.07) is 0. The van der Waals surface area contributed by atoms with Gasteiger partial charge >= 0.3 is 6.18 Å². The minimum absolute atomic E-state index is 0.202. The molecule has 2 heterocycles. The first-order chi connectivity index (χ1) is 11.8. The first-order valence-electron chi connectivity index (χ1n) is 8.44. The third-order valence-corrected chi connectivity index (χ3v) is 4.99. The van der Waals surface area contributed by atoms with Gasteiger partial charge in [0.2, 0.25) is 0 Å². The minimum Gasteiger partial charge on any atom is -0.356 e. The molecule has 0 radical (unpaired) electrons. The van der Waals surface area contributed by atoms with Crippen molar-refractivity contribution >= 4 is 17.3 Å². The number of likely N-dealkylation sites (tertiary alicyclic amines) is 1. The molecule has 0 bridgehead atoms. The smallest absolute Gasteiger partial charge is 0.356 e. The van der Waals surface area contributed by atoms with Gasteiger partial charge in [0, 0.05) is 25.5 Å². The van der Waals surface area contributed by atoms with Gasteiger partial charge in [0.25, 0.3) is 0 Å². The van der Waals surface area contributed by atoms with Gasteiger partial charge in [-0.25, -0.2) is 4.98 Å². The monoisotopic (exact) mass is 377 g/mol. The van der Waals surface area contributed by atoms with Gasteiger partial charge in [-0.2, -0.15) is 13.2 Å². The van der Waals surface area contributed by atoms with Crippen molar-refractivity contribution in [1.29, 1.82) is 0 Å². The molecule has 0 saturated carbocycles. The van der Waals surface area contributed by atoms with Crippen molar-refractivity contribution in [2.75, 3.05) is 33.2 Å². The van der Waals surface area contributed by atoms with Crippen molar-refractivity contribution in [3.8, 4) is 0 Å². The molecular formula is C16H26F3N5S. The molecule has 1 unspecified atom stereocenters. The molecule has 1 atom stereocenters. The predicted molar refractivity (Wildman–Crippen MR) is 95.0 cm³/mol. The van der Waals surface area contributed by atoms with E-state index in [-0.39, 0.29) is 5.92 Å². The Labute approximate surface area is 150 Å². The second-order valence-corrected chi connectivity index (χ2v) is 7.58. The summed E-state index contributed by atoms with van der Waals surface area (Å²) < 4.78 is 37.3. The lowest BCUT2D eigenvalue weighted by Gasteiger charge is -2.18. The van der Waals surface area contributed by atoms with Crippen LogP contribution in [0.2, 0.25) is 0 Å². The topological polar surface area (TPSA) is 52.6 Å². The zero-order valence-electron chi connectivity index (χ0n) is 14.9. The molecule has 2 N–H and O–H groups in total. The Hall–Kier alpha value is -1.35. The van der Waals surface area contributed by atoms with Crippen LogP contribution in [-0.2, 0) is 6.54 Å².